The Hall–Kier alpha value is -3.45. The SMILES string of the molecule is C=CC(=O)N1CC2(CCN(c3nc4c(c(-c5c(O)cccc5Cl)c3C#N)COC(c3scnc3C)C4)C2)C1. The van der Waals surface area contributed by atoms with E-state index in [1.807, 2.05) is 12.4 Å². The van der Waals surface area contributed by atoms with Crippen LogP contribution in [0, 0.1) is 23.7 Å². The van der Waals surface area contributed by atoms with Gasteiger partial charge < -0.3 is 19.6 Å². The van der Waals surface area contributed by atoms with E-state index < -0.39 is 0 Å². The molecule has 0 radical (unpaired) electrons. The van der Waals surface area contributed by atoms with Crippen molar-refractivity contribution < 1.29 is 14.6 Å². The molecule has 2 fully saturated rings. The maximum Gasteiger partial charge on any atom is 0.245 e. The highest BCUT2D eigenvalue weighted by molar-refractivity contribution is 7.09. The van der Waals surface area contributed by atoms with Crippen LogP contribution in [0.15, 0.2) is 36.4 Å². The van der Waals surface area contributed by atoms with E-state index >= 15 is 0 Å². The second-order valence-electron chi connectivity index (χ2n) is 10.2. The molecular weight excluding hydrogens is 522 g/mol. The topological polar surface area (TPSA) is 103 Å². The molecule has 1 atom stereocenters. The molecule has 5 heterocycles. The molecule has 38 heavy (non-hydrogen) atoms. The molecule has 0 saturated carbocycles. The van der Waals surface area contributed by atoms with Gasteiger partial charge in [-0.3, -0.25) is 4.79 Å². The van der Waals surface area contributed by atoms with Crippen LogP contribution in [0.2, 0.25) is 5.02 Å². The number of phenols is 1. The number of nitriles is 1. The van der Waals surface area contributed by atoms with Gasteiger partial charge in [0, 0.05) is 54.7 Å². The molecule has 2 aromatic heterocycles. The van der Waals surface area contributed by atoms with Crippen molar-refractivity contribution in [1.29, 1.82) is 5.26 Å². The lowest BCUT2D eigenvalue weighted by Gasteiger charge is -2.47. The number of nitrogens with zero attached hydrogens (tertiary/aromatic N) is 5. The lowest BCUT2D eigenvalue weighted by atomic mass is 9.79. The Kier molecular flexibility index (Phi) is 6.14. The standard InChI is InChI=1S/C28H26ClN5O3S/c1-3-23(36)34-13-28(14-34)7-8-33(12-28)27-17(10-30)24(25-19(29)5-4-6-21(25)35)18-11-37-22(9-20(18)32-27)26-16(2)31-15-38-26/h3-6,15,22,35H,1,7-9,11-14H2,2H3. The van der Waals surface area contributed by atoms with Crippen LogP contribution in [0.25, 0.3) is 11.1 Å². The zero-order valence-electron chi connectivity index (χ0n) is 20.9. The summed E-state index contributed by atoms with van der Waals surface area (Å²) in [6.07, 6.45) is 2.58. The highest BCUT2D eigenvalue weighted by atomic mass is 35.5. The van der Waals surface area contributed by atoms with Crippen LogP contribution in [0.5, 0.6) is 5.75 Å². The molecule has 1 unspecified atom stereocenters. The molecule has 1 aromatic carbocycles. The van der Waals surface area contributed by atoms with Gasteiger partial charge in [0.2, 0.25) is 5.91 Å². The van der Waals surface area contributed by atoms with Crippen molar-refractivity contribution in [3.05, 3.63) is 68.8 Å². The zero-order valence-corrected chi connectivity index (χ0v) is 22.5. The summed E-state index contributed by atoms with van der Waals surface area (Å²) in [6.45, 7) is 8.55. The smallest absolute Gasteiger partial charge is 0.245 e. The summed E-state index contributed by atoms with van der Waals surface area (Å²) in [4.78, 5) is 26.5. The predicted molar refractivity (Wildman–Crippen MR) is 145 cm³/mol. The van der Waals surface area contributed by atoms with Crippen LogP contribution in [0.3, 0.4) is 0 Å². The maximum atomic E-state index is 12.1. The molecule has 1 spiro atoms. The number of aryl methyl sites for hydroxylation is 1. The molecule has 1 N–H and O–H groups in total. The van der Waals surface area contributed by atoms with Crippen molar-refractivity contribution >= 4 is 34.7 Å². The van der Waals surface area contributed by atoms with Crippen LogP contribution in [0.4, 0.5) is 5.82 Å². The van der Waals surface area contributed by atoms with E-state index in [9.17, 15) is 15.2 Å². The van der Waals surface area contributed by atoms with Gasteiger partial charge >= 0.3 is 0 Å². The van der Waals surface area contributed by atoms with Gasteiger partial charge in [-0.05, 0) is 31.6 Å². The van der Waals surface area contributed by atoms with E-state index in [1.165, 1.54) is 6.08 Å². The van der Waals surface area contributed by atoms with E-state index in [2.05, 4.69) is 22.5 Å². The Morgan fingerprint density at radius 1 is 1.37 bits per heavy atom. The molecule has 8 nitrogen and oxygen atoms in total. The molecule has 0 aliphatic carbocycles. The average molecular weight is 548 g/mol. The zero-order chi connectivity index (χ0) is 26.6. The first-order chi connectivity index (χ1) is 18.3. The molecule has 6 rings (SSSR count). The number of thiazole rings is 1. The first-order valence-corrected chi connectivity index (χ1v) is 13.7. The number of benzene rings is 1. The van der Waals surface area contributed by atoms with Gasteiger partial charge in [-0.25, -0.2) is 9.97 Å². The number of amides is 1. The summed E-state index contributed by atoms with van der Waals surface area (Å²) in [5, 5.41) is 21.7. The number of fused-ring (bicyclic) bond motifs is 1. The summed E-state index contributed by atoms with van der Waals surface area (Å²) in [7, 11) is 0. The van der Waals surface area contributed by atoms with E-state index in [1.54, 1.807) is 34.4 Å². The molecule has 3 aliphatic rings. The molecule has 3 aromatic rings. The number of carbonyl (C=O) groups is 1. The molecule has 3 aliphatic heterocycles. The molecule has 0 bridgehead atoms. The molecule has 10 heteroatoms. The van der Waals surface area contributed by atoms with Crippen LogP contribution < -0.4 is 4.90 Å². The van der Waals surface area contributed by atoms with E-state index in [-0.39, 0.29) is 29.8 Å². The number of anilines is 1. The number of ether oxygens (including phenoxy) is 1. The Labute approximate surface area is 229 Å². The molecule has 194 valence electrons. The minimum atomic E-state index is -0.189. The number of halogens is 1. The second-order valence-corrected chi connectivity index (χ2v) is 11.5. The summed E-state index contributed by atoms with van der Waals surface area (Å²) in [5.74, 6) is 0.538. The van der Waals surface area contributed by atoms with Gasteiger partial charge in [0.15, 0.2) is 0 Å². The van der Waals surface area contributed by atoms with Gasteiger partial charge in [0.25, 0.3) is 0 Å². The van der Waals surface area contributed by atoms with Crippen LogP contribution in [-0.4, -0.2) is 52.1 Å². The largest absolute Gasteiger partial charge is 0.507 e. The van der Waals surface area contributed by atoms with E-state index in [4.69, 9.17) is 21.3 Å². The summed E-state index contributed by atoms with van der Waals surface area (Å²) in [6, 6.07) is 7.34. The maximum absolute atomic E-state index is 12.1. The first-order valence-electron chi connectivity index (χ1n) is 12.5. The number of rotatable bonds is 4. The Morgan fingerprint density at radius 2 is 2.18 bits per heavy atom. The number of pyridine rings is 1. The number of hydrogen-bond acceptors (Lipinski definition) is 8. The second kappa shape index (κ2) is 9.38. The molecular formula is C28H26ClN5O3S. The number of likely N-dealkylation sites (tertiary alicyclic amines) is 1. The van der Waals surface area contributed by atoms with Gasteiger partial charge in [0.1, 0.15) is 23.2 Å². The van der Waals surface area contributed by atoms with Gasteiger partial charge in [-0.2, -0.15) is 5.26 Å². The lowest BCUT2D eigenvalue weighted by molar-refractivity contribution is -0.136. The fourth-order valence-electron chi connectivity index (χ4n) is 5.98. The summed E-state index contributed by atoms with van der Waals surface area (Å²) < 4.78 is 6.28. The van der Waals surface area contributed by atoms with Crippen LogP contribution in [-0.2, 0) is 22.6 Å². The molecule has 2 saturated heterocycles. The van der Waals surface area contributed by atoms with Gasteiger partial charge in [-0.1, -0.05) is 24.2 Å². The van der Waals surface area contributed by atoms with Crippen molar-refractivity contribution in [3.63, 3.8) is 0 Å². The van der Waals surface area contributed by atoms with E-state index in [0.29, 0.717) is 53.6 Å². The van der Waals surface area contributed by atoms with Gasteiger partial charge in [-0.15, -0.1) is 11.3 Å². The Morgan fingerprint density at radius 3 is 2.87 bits per heavy atom. The average Bonchev–Trinajstić information content (AvgIpc) is 3.53. The van der Waals surface area contributed by atoms with E-state index in [0.717, 1.165) is 34.8 Å². The van der Waals surface area contributed by atoms with Gasteiger partial charge in [0.05, 0.1) is 39.5 Å². The quantitative estimate of drug-likeness (QED) is 0.469. The third kappa shape index (κ3) is 3.95. The van der Waals surface area contributed by atoms with Crippen LogP contribution in [0.1, 0.15) is 39.9 Å². The Balaban J connectivity index is 1.45. The third-order valence-corrected chi connectivity index (χ3v) is 9.22. The van der Waals surface area contributed by atoms with Crippen molar-refractivity contribution in [2.24, 2.45) is 5.41 Å². The number of hydrogen-bond donors (Lipinski definition) is 1. The highest BCUT2D eigenvalue weighted by Gasteiger charge is 2.49. The monoisotopic (exact) mass is 547 g/mol. The number of carbonyl (C=O) groups excluding carboxylic acids is 1. The fraction of sp³-hybridized carbons (Fsp3) is 0.357. The summed E-state index contributed by atoms with van der Waals surface area (Å²) in [5.41, 5.74) is 5.70. The fourth-order valence-corrected chi connectivity index (χ4v) is 7.10. The predicted octanol–water partition coefficient (Wildman–Crippen LogP) is 4.78. The minimum absolute atomic E-state index is 0.00393. The first kappa shape index (κ1) is 24.9. The Bertz CT molecular complexity index is 1490. The van der Waals surface area contributed by atoms with Crippen molar-refractivity contribution in [1.82, 2.24) is 14.9 Å². The number of aromatic hydroxyl groups is 1. The van der Waals surface area contributed by atoms with Crippen LogP contribution >= 0.6 is 22.9 Å². The number of aromatic nitrogens is 2. The molecule has 1 amide bonds. The third-order valence-electron chi connectivity index (χ3n) is 7.88. The lowest BCUT2D eigenvalue weighted by Crippen LogP contribution is -2.59. The summed E-state index contributed by atoms with van der Waals surface area (Å²) >= 11 is 8.18. The normalized spacial score (nSPS) is 19.7. The minimum Gasteiger partial charge on any atom is -0.507 e. The van der Waals surface area contributed by atoms with Crippen molar-refractivity contribution in [3.8, 4) is 22.9 Å². The number of phenolic OH excluding ortho intramolecular Hbond substituents is 1. The van der Waals surface area contributed by atoms with Crippen molar-refractivity contribution in [2.75, 3.05) is 31.1 Å². The highest BCUT2D eigenvalue weighted by Crippen LogP contribution is 2.48. The van der Waals surface area contributed by atoms with Crippen molar-refractivity contribution in [2.45, 2.75) is 32.5 Å².